The van der Waals surface area contributed by atoms with Crippen LogP contribution in [-0.4, -0.2) is 24.0 Å². The van der Waals surface area contributed by atoms with Crippen molar-refractivity contribution in [2.45, 2.75) is 43.9 Å². The van der Waals surface area contributed by atoms with Crippen LogP contribution in [0.15, 0.2) is 30.3 Å². The van der Waals surface area contributed by atoms with Crippen molar-refractivity contribution in [2.24, 2.45) is 0 Å². The molecule has 0 spiro atoms. The topological polar surface area (TPSA) is 29.5 Å². The molecule has 0 fully saturated rings. The van der Waals surface area contributed by atoms with Crippen molar-refractivity contribution in [3.05, 3.63) is 64.7 Å². The zero-order valence-corrected chi connectivity index (χ0v) is 15.8. The minimum atomic E-state index is -5.18. The Morgan fingerprint density at radius 1 is 0.931 bits per heavy atom. The van der Waals surface area contributed by atoms with E-state index in [1.165, 1.54) is 13.8 Å². The van der Waals surface area contributed by atoms with Gasteiger partial charge in [-0.25, -0.2) is 13.2 Å². The number of hydrogen-bond acceptors (Lipinski definition) is 2. The quantitative estimate of drug-likeness (QED) is 0.625. The number of halogens is 7. The van der Waals surface area contributed by atoms with Crippen molar-refractivity contribution in [1.82, 2.24) is 0 Å². The van der Waals surface area contributed by atoms with Crippen LogP contribution in [0.5, 0.6) is 5.75 Å². The number of rotatable bonds is 6. The van der Waals surface area contributed by atoms with E-state index in [9.17, 15) is 35.8 Å². The first-order valence-electron chi connectivity index (χ1n) is 8.47. The maximum atomic E-state index is 14.0. The van der Waals surface area contributed by atoms with Gasteiger partial charge in [0.05, 0.1) is 7.11 Å². The summed E-state index contributed by atoms with van der Waals surface area (Å²) in [5, 5.41) is 10.5. The average molecular weight is 424 g/mol. The summed E-state index contributed by atoms with van der Waals surface area (Å²) >= 11 is 0. The highest BCUT2D eigenvalue weighted by Gasteiger charge is 2.56. The molecule has 0 saturated carbocycles. The van der Waals surface area contributed by atoms with Crippen LogP contribution < -0.4 is 4.74 Å². The minimum absolute atomic E-state index is 0.105. The van der Waals surface area contributed by atoms with Crippen LogP contribution in [0.3, 0.4) is 0 Å². The van der Waals surface area contributed by atoms with Gasteiger partial charge in [0, 0.05) is 18.1 Å². The van der Waals surface area contributed by atoms with Crippen LogP contribution in [0, 0.1) is 23.3 Å². The number of aliphatic hydroxyl groups is 1. The van der Waals surface area contributed by atoms with Gasteiger partial charge in [0.1, 0.15) is 11.6 Å². The smallest absolute Gasteiger partial charge is 0.417 e. The van der Waals surface area contributed by atoms with Gasteiger partial charge in [0.25, 0.3) is 0 Å². The lowest BCUT2D eigenvalue weighted by atomic mass is 9.72. The fourth-order valence-corrected chi connectivity index (χ4v) is 3.40. The molecule has 0 aliphatic rings. The summed E-state index contributed by atoms with van der Waals surface area (Å²) in [6.07, 6.45) is -7.33. The second kappa shape index (κ2) is 7.85. The largest absolute Gasteiger partial charge is 0.493 e. The van der Waals surface area contributed by atoms with E-state index in [1.807, 2.05) is 0 Å². The lowest BCUT2D eigenvalue weighted by Gasteiger charge is -2.38. The van der Waals surface area contributed by atoms with Gasteiger partial charge >= 0.3 is 6.18 Å². The minimum Gasteiger partial charge on any atom is -0.493 e. The molecule has 0 heterocycles. The van der Waals surface area contributed by atoms with E-state index in [1.54, 1.807) is 0 Å². The summed E-state index contributed by atoms with van der Waals surface area (Å²) in [6.45, 7) is 2.57. The molecular formula is C20H19F7O2. The lowest BCUT2D eigenvalue weighted by Crippen LogP contribution is -2.50. The summed E-state index contributed by atoms with van der Waals surface area (Å²) < 4.78 is 100. The third kappa shape index (κ3) is 4.83. The van der Waals surface area contributed by atoms with Crippen molar-refractivity contribution in [3.63, 3.8) is 0 Å². The Labute approximate surface area is 162 Å². The van der Waals surface area contributed by atoms with Crippen LogP contribution in [0.2, 0.25) is 0 Å². The standard InChI is InChI=1S/C20H19F7O2/c1-18(2,14-4-5-15(23)16(24)17(14)29-3)10-19(28,20(25,26)27)9-11-6-12(21)8-13(22)7-11/h4-8,28H,9-10H2,1-3H3. The van der Waals surface area contributed by atoms with Crippen LogP contribution in [-0.2, 0) is 11.8 Å². The summed E-state index contributed by atoms with van der Waals surface area (Å²) in [7, 11) is 1.03. The summed E-state index contributed by atoms with van der Waals surface area (Å²) in [5.74, 6) is -5.39. The van der Waals surface area contributed by atoms with Crippen LogP contribution in [0.4, 0.5) is 30.7 Å². The van der Waals surface area contributed by atoms with Crippen molar-refractivity contribution < 1.29 is 40.6 Å². The van der Waals surface area contributed by atoms with E-state index in [2.05, 4.69) is 0 Å². The highest BCUT2D eigenvalue weighted by Crippen LogP contribution is 2.45. The molecule has 0 aromatic heterocycles. The third-order valence-corrected chi connectivity index (χ3v) is 4.66. The Morgan fingerprint density at radius 2 is 1.48 bits per heavy atom. The molecule has 1 unspecified atom stereocenters. The lowest BCUT2D eigenvalue weighted by molar-refractivity contribution is -0.266. The molecule has 0 aliphatic carbocycles. The Morgan fingerprint density at radius 3 is 1.97 bits per heavy atom. The summed E-state index contributed by atoms with van der Waals surface area (Å²) in [6, 6.07) is 3.67. The van der Waals surface area contributed by atoms with Crippen LogP contribution >= 0.6 is 0 Å². The van der Waals surface area contributed by atoms with Gasteiger partial charge in [0.15, 0.2) is 17.2 Å². The predicted molar refractivity (Wildman–Crippen MR) is 91.6 cm³/mol. The van der Waals surface area contributed by atoms with Crippen molar-refractivity contribution >= 4 is 0 Å². The van der Waals surface area contributed by atoms with Gasteiger partial charge in [-0.2, -0.15) is 17.6 Å². The number of alkyl halides is 3. The zero-order valence-electron chi connectivity index (χ0n) is 15.8. The van der Waals surface area contributed by atoms with Gasteiger partial charge in [-0.3, -0.25) is 0 Å². The number of methoxy groups -OCH3 is 1. The predicted octanol–water partition coefficient (Wildman–Crippen LogP) is 5.46. The number of benzene rings is 2. The molecule has 9 heteroatoms. The molecule has 2 aromatic rings. The Kier molecular flexibility index (Phi) is 6.23. The molecule has 0 saturated heterocycles. The van der Waals surface area contributed by atoms with Gasteiger partial charge in [-0.1, -0.05) is 19.9 Å². The third-order valence-electron chi connectivity index (χ3n) is 4.66. The molecule has 2 aromatic carbocycles. The van der Waals surface area contributed by atoms with E-state index in [-0.39, 0.29) is 5.56 Å². The maximum absolute atomic E-state index is 14.0. The van der Waals surface area contributed by atoms with Gasteiger partial charge < -0.3 is 9.84 Å². The number of ether oxygens (including phenoxy) is 1. The van der Waals surface area contributed by atoms with E-state index >= 15 is 0 Å². The Bertz CT molecular complexity index is 873. The highest BCUT2D eigenvalue weighted by molar-refractivity contribution is 5.41. The summed E-state index contributed by atoms with van der Waals surface area (Å²) in [4.78, 5) is 0. The van der Waals surface area contributed by atoms with Gasteiger partial charge in [0.2, 0.25) is 5.82 Å². The van der Waals surface area contributed by atoms with E-state index in [0.717, 1.165) is 19.2 Å². The van der Waals surface area contributed by atoms with Crippen LogP contribution in [0.25, 0.3) is 0 Å². The normalized spacial score (nSPS) is 14.6. The van der Waals surface area contributed by atoms with E-state index in [0.29, 0.717) is 18.2 Å². The number of hydrogen-bond donors (Lipinski definition) is 1. The Hall–Kier alpha value is -2.29. The van der Waals surface area contributed by atoms with Crippen molar-refractivity contribution in [3.8, 4) is 5.75 Å². The first-order valence-corrected chi connectivity index (χ1v) is 8.47. The molecule has 29 heavy (non-hydrogen) atoms. The molecule has 1 atom stereocenters. The molecule has 1 N–H and O–H groups in total. The fraction of sp³-hybridized carbons (Fsp3) is 0.400. The van der Waals surface area contributed by atoms with E-state index < -0.39 is 64.6 Å². The Balaban J connectivity index is 2.50. The molecule has 0 amide bonds. The van der Waals surface area contributed by atoms with Crippen LogP contribution in [0.1, 0.15) is 31.4 Å². The average Bonchev–Trinajstić information content (AvgIpc) is 2.54. The molecule has 0 bridgehead atoms. The van der Waals surface area contributed by atoms with Crippen molar-refractivity contribution in [2.75, 3.05) is 7.11 Å². The second-order valence-corrected chi connectivity index (χ2v) is 7.49. The monoisotopic (exact) mass is 424 g/mol. The fourth-order valence-electron chi connectivity index (χ4n) is 3.40. The molecular weight excluding hydrogens is 405 g/mol. The van der Waals surface area contributed by atoms with Crippen molar-refractivity contribution in [1.29, 1.82) is 0 Å². The first kappa shape index (κ1) is 23.0. The molecule has 160 valence electrons. The maximum Gasteiger partial charge on any atom is 0.417 e. The molecule has 2 nitrogen and oxygen atoms in total. The second-order valence-electron chi connectivity index (χ2n) is 7.49. The van der Waals surface area contributed by atoms with Gasteiger partial charge in [-0.05, 0) is 35.6 Å². The van der Waals surface area contributed by atoms with E-state index in [4.69, 9.17) is 4.74 Å². The summed E-state index contributed by atoms with van der Waals surface area (Å²) in [5.41, 5.74) is -5.48. The SMILES string of the molecule is COc1c(C(C)(C)CC(O)(Cc2cc(F)cc(F)c2)C(F)(F)F)ccc(F)c1F. The first-order chi connectivity index (χ1) is 13.2. The highest BCUT2D eigenvalue weighted by atomic mass is 19.4. The molecule has 0 radical (unpaired) electrons. The molecule has 2 rings (SSSR count). The zero-order chi connectivity index (χ0) is 22.2. The molecule has 0 aliphatic heterocycles. The van der Waals surface area contributed by atoms with Gasteiger partial charge in [-0.15, -0.1) is 0 Å².